The number of amides is 1. The Balaban J connectivity index is 2.85. The van der Waals surface area contributed by atoms with Crippen molar-refractivity contribution in [1.29, 1.82) is 0 Å². The maximum atomic E-state index is 13.0. The van der Waals surface area contributed by atoms with E-state index < -0.39 is 48.1 Å². The van der Waals surface area contributed by atoms with Crippen molar-refractivity contribution in [3.63, 3.8) is 0 Å². The van der Waals surface area contributed by atoms with Gasteiger partial charge in [0, 0.05) is 12.1 Å². The molecule has 0 heterocycles. The lowest BCUT2D eigenvalue weighted by atomic mass is 10.1. The van der Waals surface area contributed by atoms with Crippen molar-refractivity contribution in [2.24, 2.45) is 0 Å². The van der Waals surface area contributed by atoms with Gasteiger partial charge in [-0.05, 0) is 18.2 Å². The van der Waals surface area contributed by atoms with Crippen LogP contribution in [0.1, 0.15) is 15.9 Å². The fourth-order valence-electron chi connectivity index (χ4n) is 1.27. The Labute approximate surface area is 109 Å². The zero-order valence-electron chi connectivity index (χ0n) is 9.72. The number of halogens is 6. The van der Waals surface area contributed by atoms with Crippen LogP contribution in [0.25, 0.3) is 0 Å². The molecule has 0 saturated heterocycles. The zero-order chi connectivity index (χ0) is 15.5. The Hall–Kier alpha value is -1.77. The Morgan fingerprint density at radius 3 is 2.40 bits per heavy atom. The highest BCUT2D eigenvalue weighted by molar-refractivity contribution is 5.94. The first-order chi connectivity index (χ1) is 9.12. The molecule has 0 bridgehead atoms. The number of carbonyl (C=O) groups is 1. The molecule has 0 aromatic heterocycles. The zero-order valence-corrected chi connectivity index (χ0v) is 9.72. The minimum Gasteiger partial charge on any atom is -0.385 e. The molecule has 2 N–H and O–H groups in total. The molecule has 0 radical (unpaired) electrons. The number of aliphatic hydroxyl groups is 1. The van der Waals surface area contributed by atoms with Crippen molar-refractivity contribution in [3.05, 3.63) is 35.1 Å². The second-order valence-corrected chi connectivity index (χ2v) is 3.80. The predicted octanol–water partition coefficient (Wildman–Crippen LogP) is 2.20. The summed E-state index contributed by atoms with van der Waals surface area (Å²) in [4.78, 5) is 11.4. The number of benzene rings is 1. The summed E-state index contributed by atoms with van der Waals surface area (Å²) in [7, 11) is 0. The average Bonchev–Trinajstić information content (AvgIpc) is 2.34. The Bertz CT molecular complexity index is 488. The van der Waals surface area contributed by atoms with E-state index in [2.05, 4.69) is 0 Å². The van der Waals surface area contributed by atoms with Gasteiger partial charge in [-0.3, -0.25) is 4.79 Å². The second-order valence-electron chi connectivity index (χ2n) is 3.80. The van der Waals surface area contributed by atoms with Crippen molar-refractivity contribution in [2.45, 2.75) is 18.7 Å². The van der Waals surface area contributed by atoms with Crippen molar-refractivity contribution in [3.8, 4) is 0 Å². The van der Waals surface area contributed by atoms with Crippen LogP contribution in [0.15, 0.2) is 18.2 Å². The molecule has 1 aromatic rings. The third-order valence-electron chi connectivity index (χ3n) is 2.30. The van der Waals surface area contributed by atoms with Gasteiger partial charge in [0.25, 0.3) is 12.3 Å². The molecule has 20 heavy (non-hydrogen) atoms. The number of nitrogens with one attached hydrogen (secondary N) is 1. The smallest absolute Gasteiger partial charge is 0.385 e. The Morgan fingerprint density at radius 1 is 1.30 bits per heavy atom. The minimum absolute atomic E-state index is 0.263. The van der Waals surface area contributed by atoms with Crippen LogP contribution in [0.4, 0.5) is 26.3 Å². The molecule has 1 atom stereocenters. The second kappa shape index (κ2) is 6.12. The van der Waals surface area contributed by atoms with E-state index in [1.54, 1.807) is 0 Å². The number of hydrogen-bond donors (Lipinski definition) is 2. The number of rotatable bonds is 4. The molecule has 0 spiro atoms. The molecular formula is C11H9F6NO2. The normalized spacial score (nSPS) is 13.4. The van der Waals surface area contributed by atoms with E-state index in [0.29, 0.717) is 6.07 Å². The number of alkyl halides is 5. The maximum Gasteiger partial charge on any atom is 0.419 e. The summed E-state index contributed by atoms with van der Waals surface area (Å²) >= 11 is 0. The first-order valence-corrected chi connectivity index (χ1v) is 5.24. The third kappa shape index (κ3) is 4.12. The average molecular weight is 301 g/mol. The molecular weight excluding hydrogens is 292 g/mol. The van der Waals surface area contributed by atoms with Crippen LogP contribution in [0.2, 0.25) is 0 Å². The van der Waals surface area contributed by atoms with Gasteiger partial charge >= 0.3 is 6.18 Å². The minimum atomic E-state index is -4.98. The van der Waals surface area contributed by atoms with E-state index in [9.17, 15) is 31.1 Å². The van der Waals surface area contributed by atoms with Gasteiger partial charge in [0.1, 0.15) is 11.9 Å². The summed E-state index contributed by atoms with van der Waals surface area (Å²) in [5.41, 5.74) is -2.19. The van der Waals surface area contributed by atoms with Crippen LogP contribution in [-0.4, -0.2) is 30.1 Å². The van der Waals surface area contributed by atoms with Gasteiger partial charge in [0.15, 0.2) is 0 Å². The van der Waals surface area contributed by atoms with Gasteiger partial charge in [0.05, 0.1) is 5.56 Å². The fraction of sp³-hybridized carbons (Fsp3) is 0.364. The van der Waals surface area contributed by atoms with Gasteiger partial charge < -0.3 is 10.4 Å². The third-order valence-corrected chi connectivity index (χ3v) is 2.30. The summed E-state index contributed by atoms with van der Waals surface area (Å²) in [5.74, 6) is -2.68. The SMILES string of the molecule is O=C(NCC(O)C(F)F)c1ccc(F)c(C(F)(F)F)c1. The quantitative estimate of drug-likeness (QED) is 0.838. The van der Waals surface area contributed by atoms with Crippen molar-refractivity contribution < 1.29 is 36.2 Å². The van der Waals surface area contributed by atoms with Crippen molar-refractivity contribution in [2.75, 3.05) is 6.54 Å². The molecule has 1 aromatic carbocycles. The van der Waals surface area contributed by atoms with Crippen LogP contribution >= 0.6 is 0 Å². The van der Waals surface area contributed by atoms with Crippen LogP contribution < -0.4 is 5.32 Å². The van der Waals surface area contributed by atoms with Crippen LogP contribution in [0, 0.1) is 5.82 Å². The first kappa shape index (κ1) is 16.3. The summed E-state index contributed by atoms with van der Waals surface area (Å²) in [5, 5.41) is 10.6. The van der Waals surface area contributed by atoms with Crippen molar-refractivity contribution in [1.82, 2.24) is 5.32 Å². The standard InChI is InChI=1S/C11H9F6NO2/c12-7-2-1-5(3-6(7)11(15,16)17)10(20)18-4-8(19)9(13)14/h1-3,8-9,19H,4H2,(H,18,20). The lowest BCUT2D eigenvalue weighted by Crippen LogP contribution is -2.35. The summed E-state index contributed by atoms with van der Waals surface area (Å²) in [6.07, 6.45) is -10.2. The van der Waals surface area contributed by atoms with Gasteiger partial charge in [0.2, 0.25) is 0 Å². The highest BCUT2D eigenvalue weighted by Crippen LogP contribution is 2.31. The van der Waals surface area contributed by atoms with Crippen LogP contribution in [0.5, 0.6) is 0 Å². The lowest BCUT2D eigenvalue weighted by Gasteiger charge is -2.12. The van der Waals surface area contributed by atoms with Crippen LogP contribution in [-0.2, 0) is 6.18 Å². The fourth-order valence-corrected chi connectivity index (χ4v) is 1.27. The molecule has 0 aliphatic heterocycles. The van der Waals surface area contributed by atoms with Crippen molar-refractivity contribution >= 4 is 5.91 Å². The molecule has 1 unspecified atom stereocenters. The van der Waals surface area contributed by atoms with E-state index >= 15 is 0 Å². The van der Waals surface area contributed by atoms with E-state index in [1.165, 1.54) is 0 Å². The van der Waals surface area contributed by atoms with E-state index in [4.69, 9.17) is 5.11 Å². The van der Waals surface area contributed by atoms with E-state index in [1.807, 2.05) is 5.32 Å². The predicted molar refractivity (Wildman–Crippen MR) is 55.7 cm³/mol. The largest absolute Gasteiger partial charge is 0.419 e. The molecule has 0 aliphatic rings. The molecule has 1 rings (SSSR count). The molecule has 9 heteroatoms. The van der Waals surface area contributed by atoms with Gasteiger partial charge in [-0.2, -0.15) is 13.2 Å². The molecule has 1 amide bonds. The number of aliphatic hydroxyl groups excluding tert-OH is 1. The molecule has 3 nitrogen and oxygen atoms in total. The summed E-state index contributed by atoms with van der Waals surface area (Å²) < 4.78 is 74.1. The number of hydrogen-bond acceptors (Lipinski definition) is 2. The summed E-state index contributed by atoms with van der Waals surface area (Å²) in [6, 6.07) is 1.48. The van der Waals surface area contributed by atoms with Gasteiger partial charge in [-0.15, -0.1) is 0 Å². The van der Waals surface area contributed by atoms with E-state index in [-0.39, 0.29) is 6.07 Å². The monoisotopic (exact) mass is 301 g/mol. The Kier molecular flexibility index (Phi) is 4.98. The number of carbonyl (C=O) groups excluding carboxylic acids is 1. The van der Waals surface area contributed by atoms with Gasteiger partial charge in [-0.1, -0.05) is 0 Å². The van der Waals surface area contributed by atoms with Gasteiger partial charge in [-0.25, -0.2) is 13.2 Å². The lowest BCUT2D eigenvalue weighted by molar-refractivity contribution is -0.140. The first-order valence-electron chi connectivity index (χ1n) is 5.24. The topological polar surface area (TPSA) is 49.3 Å². The summed E-state index contributed by atoms with van der Waals surface area (Å²) in [6.45, 7) is -0.838. The molecule has 112 valence electrons. The highest BCUT2D eigenvalue weighted by Gasteiger charge is 2.34. The van der Waals surface area contributed by atoms with Crippen LogP contribution in [0.3, 0.4) is 0 Å². The molecule has 0 saturated carbocycles. The highest BCUT2D eigenvalue weighted by atomic mass is 19.4. The Morgan fingerprint density at radius 2 is 1.90 bits per heavy atom. The van der Waals surface area contributed by atoms with E-state index in [0.717, 1.165) is 6.07 Å². The molecule has 0 fully saturated rings. The maximum absolute atomic E-state index is 13.0. The molecule has 0 aliphatic carbocycles.